The van der Waals surface area contributed by atoms with E-state index in [1.165, 1.54) is 4.90 Å². The topological polar surface area (TPSA) is 87.2 Å². The van der Waals surface area contributed by atoms with Crippen molar-refractivity contribution < 1.29 is 24.2 Å². The molecule has 0 bridgehead atoms. The summed E-state index contributed by atoms with van der Waals surface area (Å²) >= 11 is 0. The summed E-state index contributed by atoms with van der Waals surface area (Å²) in [5.74, 6) is -2.40. The molecule has 0 aliphatic carbocycles. The lowest BCUT2D eigenvalue weighted by molar-refractivity contribution is -0.158. The zero-order valence-corrected chi connectivity index (χ0v) is 10.0. The zero-order valence-electron chi connectivity index (χ0n) is 10.0. The third kappa shape index (κ3) is 2.61. The molecule has 100 valence electrons. The largest absolute Gasteiger partial charge is 0.474 e. The molecule has 1 N–H and O–H groups in total. The van der Waals surface area contributed by atoms with E-state index in [0.29, 0.717) is 19.7 Å². The molecule has 2 aliphatic rings. The number of rotatable bonds is 1. The first-order valence-corrected chi connectivity index (χ1v) is 6.02. The van der Waals surface area contributed by atoms with Crippen LogP contribution in [0.5, 0.6) is 0 Å². The molecule has 2 aliphatic heterocycles. The Bertz CT molecular complexity index is 356. The van der Waals surface area contributed by atoms with E-state index >= 15 is 0 Å². The summed E-state index contributed by atoms with van der Waals surface area (Å²) in [5, 5.41) is 8.59. The lowest BCUT2D eigenvalue weighted by Gasteiger charge is -2.34. The van der Waals surface area contributed by atoms with Crippen LogP contribution in [0, 0.1) is 0 Å². The summed E-state index contributed by atoms with van der Waals surface area (Å²) in [7, 11) is 0. The molecule has 0 aromatic rings. The second kappa shape index (κ2) is 5.34. The van der Waals surface area contributed by atoms with Crippen LogP contribution in [0.15, 0.2) is 0 Å². The van der Waals surface area contributed by atoms with Crippen molar-refractivity contribution in [2.75, 3.05) is 32.8 Å². The first-order valence-electron chi connectivity index (χ1n) is 6.02. The predicted octanol–water partition coefficient (Wildman–Crippen LogP) is -1.08. The van der Waals surface area contributed by atoms with Crippen molar-refractivity contribution in [1.29, 1.82) is 0 Å². The van der Waals surface area contributed by atoms with Crippen molar-refractivity contribution >= 4 is 17.8 Å². The number of piperazine rings is 1. The van der Waals surface area contributed by atoms with Crippen molar-refractivity contribution in [3.8, 4) is 0 Å². The van der Waals surface area contributed by atoms with Gasteiger partial charge in [0.25, 0.3) is 5.91 Å². The van der Waals surface area contributed by atoms with E-state index in [1.54, 1.807) is 4.90 Å². The molecule has 7 nitrogen and oxygen atoms in total. The monoisotopic (exact) mass is 256 g/mol. The van der Waals surface area contributed by atoms with Gasteiger partial charge in [-0.05, 0) is 12.8 Å². The Balaban J connectivity index is 1.84. The molecule has 0 saturated carbocycles. The standard InChI is InChI=1S/C11H16N2O5/c14-9(8-2-1-7-18-8)12-3-5-13(6-4-12)10(15)11(16)17/h8H,1-7H2,(H,16,17). The zero-order chi connectivity index (χ0) is 13.1. The number of carbonyl (C=O) groups excluding carboxylic acids is 2. The van der Waals surface area contributed by atoms with E-state index < -0.39 is 11.9 Å². The smallest absolute Gasteiger partial charge is 0.394 e. The van der Waals surface area contributed by atoms with E-state index in [1.807, 2.05) is 0 Å². The highest BCUT2D eigenvalue weighted by Gasteiger charge is 2.32. The highest BCUT2D eigenvalue weighted by molar-refractivity contribution is 6.31. The van der Waals surface area contributed by atoms with Crippen LogP contribution in [0.4, 0.5) is 0 Å². The van der Waals surface area contributed by atoms with Crippen LogP contribution in [-0.2, 0) is 19.1 Å². The summed E-state index contributed by atoms with van der Waals surface area (Å²) in [4.78, 5) is 36.6. The summed E-state index contributed by atoms with van der Waals surface area (Å²) in [6.45, 7) is 1.90. The molecular formula is C11H16N2O5. The fourth-order valence-corrected chi connectivity index (χ4v) is 2.24. The normalized spacial score (nSPS) is 24.1. The Morgan fingerprint density at radius 3 is 2.17 bits per heavy atom. The summed E-state index contributed by atoms with van der Waals surface area (Å²) in [6.07, 6.45) is 1.28. The highest BCUT2D eigenvalue weighted by Crippen LogP contribution is 2.15. The van der Waals surface area contributed by atoms with Crippen LogP contribution in [-0.4, -0.2) is 71.6 Å². The molecule has 2 amide bonds. The van der Waals surface area contributed by atoms with Crippen LogP contribution in [0.1, 0.15) is 12.8 Å². The molecule has 1 unspecified atom stereocenters. The Kier molecular flexibility index (Phi) is 3.81. The number of carbonyl (C=O) groups is 3. The number of carboxylic acid groups (broad SMARTS) is 1. The maximum absolute atomic E-state index is 12.0. The first kappa shape index (κ1) is 12.8. The number of ether oxygens (including phenoxy) is 1. The van der Waals surface area contributed by atoms with Crippen LogP contribution in [0.2, 0.25) is 0 Å². The van der Waals surface area contributed by atoms with Crippen LogP contribution < -0.4 is 0 Å². The lowest BCUT2D eigenvalue weighted by atomic mass is 10.2. The molecule has 0 aromatic carbocycles. The van der Waals surface area contributed by atoms with Crippen molar-refractivity contribution in [3.05, 3.63) is 0 Å². The third-order valence-electron chi connectivity index (χ3n) is 3.27. The van der Waals surface area contributed by atoms with Gasteiger partial charge in [0.1, 0.15) is 6.10 Å². The molecule has 2 heterocycles. The van der Waals surface area contributed by atoms with Crippen LogP contribution >= 0.6 is 0 Å². The molecule has 2 saturated heterocycles. The van der Waals surface area contributed by atoms with Gasteiger partial charge in [-0.1, -0.05) is 0 Å². The maximum atomic E-state index is 12.0. The molecule has 7 heteroatoms. The van der Waals surface area contributed by atoms with E-state index in [-0.39, 0.29) is 25.1 Å². The van der Waals surface area contributed by atoms with Crippen molar-refractivity contribution in [2.24, 2.45) is 0 Å². The van der Waals surface area contributed by atoms with E-state index in [2.05, 4.69) is 0 Å². The van der Waals surface area contributed by atoms with Gasteiger partial charge in [0, 0.05) is 32.8 Å². The molecule has 2 fully saturated rings. The molecule has 0 radical (unpaired) electrons. The molecule has 2 rings (SSSR count). The highest BCUT2D eigenvalue weighted by atomic mass is 16.5. The number of aliphatic carboxylic acids is 1. The molecule has 0 spiro atoms. The lowest BCUT2D eigenvalue weighted by Crippen LogP contribution is -2.54. The van der Waals surface area contributed by atoms with Crippen molar-refractivity contribution in [2.45, 2.75) is 18.9 Å². The minimum Gasteiger partial charge on any atom is -0.474 e. The fourth-order valence-electron chi connectivity index (χ4n) is 2.24. The first-order chi connectivity index (χ1) is 8.59. The summed E-state index contributed by atoms with van der Waals surface area (Å²) in [5.41, 5.74) is 0. The average molecular weight is 256 g/mol. The number of amides is 2. The second-order valence-electron chi connectivity index (χ2n) is 4.42. The number of carboxylic acids is 1. The molecular weight excluding hydrogens is 240 g/mol. The van der Waals surface area contributed by atoms with Gasteiger partial charge in [0.05, 0.1) is 0 Å². The van der Waals surface area contributed by atoms with E-state index in [0.717, 1.165) is 12.8 Å². The minimum atomic E-state index is -1.45. The molecule has 1 atom stereocenters. The number of nitrogens with zero attached hydrogens (tertiary/aromatic N) is 2. The van der Waals surface area contributed by atoms with Gasteiger partial charge in [-0.15, -0.1) is 0 Å². The van der Waals surface area contributed by atoms with Gasteiger partial charge in [0.2, 0.25) is 0 Å². The minimum absolute atomic E-state index is 0.0464. The summed E-state index contributed by atoms with van der Waals surface area (Å²) in [6, 6.07) is 0. The number of hydrogen-bond donors (Lipinski definition) is 1. The SMILES string of the molecule is O=C(O)C(=O)N1CCN(C(=O)C2CCCO2)CC1. The Morgan fingerprint density at radius 2 is 1.67 bits per heavy atom. The van der Waals surface area contributed by atoms with Gasteiger partial charge < -0.3 is 19.6 Å². The summed E-state index contributed by atoms with van der Waals surface area (Å²) < 4.78 is 5.31. The molecule has 18 heavy (non-hydrogen) atoms. The van der Waals surface area contributed by atoms with E-state index in [9.17, 15) is 14.4 Å². The van der Waals surface area contributed by atoms with Crippen LogP contribution in [0.3, 0.4) is 0 Å². The Morgan fingerprint density at radius 1 is 1.06 bits per heavy atom. The Hall–Kier alpha value is -1.63. The van der Waals surface area contributed by atoms with E-state index in [4.69, 9.17) is 9.84 Å². The maximum Gasteiger partial charge on any atom is 0.394 e. The van der Waals surface area contributed by atoms with Crippen LogP contribution in [0.25, 0.3) is 0 Å². The predicted molar refractivity (Wildman–Crippen MR) is 59.8 cm³/mol. The third-order valence-corrected chi connectivity index (χ3v) is 3.27. The van der Waals surface area contributed by atoms with Crippen molar-refractivity contribution in [3.63, 3.8) is 0 Å². The number of hydrogen-bond acceptors (Lipinski definition) is 4. The van der Waals surface area contributed by atoms with Gasteiger partial charge >= 0.3 is 11.9 Å². The average Bonchev–Trinajstić information content (AvgIpc) is 2.91. The van der Waals surface area contributed by atoms with Gasteiger partial charge in [0.15, 0.2) is 0 Å². The van der Waals surface area contributed by atoms with Crippen molar-refractivity contribution in [1.82, 2.24) is 9.80 Å². The van der Waals surface area contributed by atoms with Gasteiger partial charge in [-0.3, -0.25) is 9.59 Å². The van der Waals surface area contributed by atoms with Gasteiger partial charge in [-0.25, -0.2) is 4.79 Å². The molecule has 0 aromatic heterocycles. The fraction of sp³-hybridized carbons (Fsp3) is 0.727. The second-order valence-corrected chi connectivity index (χ2v) is 4.42. The van der Waals surface area contributed by atoms with Gasteiger partial charge in [-0.2, -0.15) is 0 Å². The quantitative estimate of drug-likeness (QED) is 0.603. The Labute approximate surface area is 104 Å².